The lowest BCUT2D eigenvalue weighted by atomic mass is 10.4. The molecule has 0 bridgehead atoms. The van der Waals surface area contributed by atoms with Gasteiger partial charge in [0.25, 0.3) is 0 Å². The second-order valence-electron chi connectivity index (χ2n) is 1.93. The van der Waals surface area contributed by atoms with Gasteiger partial charge in [-0.2, -0.15) is 0 Å². The summed E-state index contributed by atoms with van der Waals surface area (Å²) in [6.45, 7) is 1.68. The zero-order valence-electron chi connectivity index (χ0n) is 6.87. The molecule has 0 aromatic heterocycles. The number of carbonyl (C=O) groups is 1. The molecule has 0 heterocycles. The highest BCUT2D eigenvalue weighted by Crippen LogP contribution is 1.83. The first-order valence-corrected chi connectivity index (χ1v) is 3.93. The van der Waals surface area contributed by atoms with Crippen LogP contribution in [0.3, 0.4) is 0 Å². The van der Waals surface area contributed by atoms with Gasteiger partial charge in [0.2, 0.25) is 0 Å². The van der Waals surface area contributed by atoms with Crippen molar-refractivity contribution in [3.8, 4) is 0 Å². The molecule has 0 fully saturated rings. The predicted molar refractivity (Wildman–Crippen MR) is 49.9 cm³/mol. The summed E-state index contributed by atoms with van der Waals surface area (Å²) in [5.74, 6) is -0.274. The Morgan fingerprint density at radius 2 is 2.00 bits per heavy atom. The van der Waals surface area contributed by atoms with E-state index in [-0.39, 0.29) is 5.97 Å². The third-order valence-electron chi connectivity index (χ3n) is 0.925. The standard InChI is InChI=1S/C9H11ClO2/c1-9(11)12-8-6-4-2-3-5-7-10/h2-7H,8H2,1H3/b3-2+,6-4+,7-5+. The summed E-state index contributed by atoms with van der Waals surface area (Å²) in [5, 5.41) is 0. The van der Waals surface area contributed by atoms with Crippen molar-refractivity contribution in [2.24, 2.45) is 0 Å². The van der Waals surface area contributed by atoms with Crippen LogP contribution in [0.4, 0.5) is 0 Å². The average Bonchev–Trinajstić information content (AvgIpc) is 2.02. The maximum atomic E-state index is 10.3. The lowest BCUT2D eigenvalue weighted by Gasteiger charge is -1.92. The van der Waals surface area contributed by atoms with Gasteiger partial charge >= 0.3 is 5.97 Å². The first-order chi connectivity index (χ1) is 5.77. The minimum Gasteiger partial charge on any atom is -0.462 e. The summed E-state index contributed by atoms with van der Waals surface area (Å²) in [6.07, 6.45) is 8.77. The fraction of sp³-hybridized carbons (Fsp3) is 0.222. The van der Waals surface area contributed by atoms with Crippen molar-refractivity contribution in [1.82, 2.24) is 0 Å². The molecule has 0 N–H and O–H groups in total. The highest BCUT2D eigenvalue weighted by molar-refractivity contribution is 6.25. The van der Waals surface area contributed by atoms with E-state index in [0.717, 1.165) is 0 Å². The molecular weight excluding hydrogens is 176 g/mol. The molecule has 0 saturated heterocycles. The predicted octanol–water partition coefficient (Wildman–Crippen LogP) is 2.41. The third-order valence-corrected chi connectivity index (χ3v) is 1.07. The Bertz CT molecular complexity index is 205. The number of esters is 1. The van der Waals surface area contributed by atoms with Crippen molar-refractivity contribution in [3.05, 3.63) is 35.9 Å². The summed E-state index contributed by atoms with van der Waals surface area (Å²) in [7, 11) is 0. The Morgan fingerprint density at radius 1 is 1.33 bits per heavy atom. The highest BCUT2D eigenvalue weighted by Gasteiger charge is 1.84. The Kier molecular flexibility index (Phi) is 7.39. The second kappa shape index (κ2) is 8.08. The van der Waals surface area contributed by atoms with E-state index in [9.17, 15) is 4.79 Å². The number of rotatable bonds is 4. The smallest absolute Gasteiger partial charge is 0.302 e. The summed E-state index contributed by atoms with van der Waals surface area (Å²) in [4.78, 5) is 10.3. The zero-order chi connectivity index (χ0) is 9.23. The Balaban J connectivity index is 3.43. The fourth-order valence-electron chi connectivity index (χ4n) is 0.470. The van der Waals surface area contributed by atoms with Gasteiger partial charge in [0.05, 0.1) is 0 Å². The van der Waals surface area contributed by atoms with Crippen LogP contribution in [0.25, 0.3) is 0 Å². The van der Waals surface area contributed by atoms with Crippen LogP contribution >= 0.6 is 11.6 Å². The van der Waals surface area contributed by atoms with Gasteiger partial charge in [-0.3, -0.25) is 4.79 Å². The van der Waals surface area contributed by atoms with Crippen LogP contribution in [-0.4, -0.2) is 12.6 Å². The molecule has 66 valence electrons. The van der Waals surface area contributed by atoms with Crippen molar-refractivity contribution < 1.29 is 9.53 Å². The van der Waals surface area contributed by atoms with E-state index >= 15 is 0 Å². The van der Waals surface area contributed by atoms with Crippen molar-refractivity contribution in [2.75, 3.05) is 6.61 Å². The van der Waals surface area contributed by atoms with Gasteiger partial charge in [-0.1, -0.05) is 35.9 Å². The van der Waals surface area contributed by atoms with E-state index in [4.69, 9.17) is 11.6 Å². The Hall–Kier alpha value is -1.02. The average molecular weight is 187 g/mol. The van der Waals surface area contributed by atoms with E-state index in [1.54, 1.807) is 30.4 Å². The normalized spacial score (nSPS) is 11.8. The van der Waals surface area contributed by atoms with Gasteiger partial charge in [0.1, 0.15) is 6.61 Å². The second-order valence-corrected chi connectivity index (χ2v) is 2.19. The topological polar surface area (TPSA) is 26.3 Å². The Morgan fingerprint density at radius 3 is 2.58 bits per heavy atom. The van der Waals surface area contributed by atoms with Crippen molar-refractivity contribution in [3.63, 3.8) is 0 Å². The molecule has 0 saturated carbocycles. The summed E-state index contributed by atoms with van der Waals surface area (Å²) in [6, 6.07) is 0. The van der Waals surface area contributed by atoms with Gasteiger partial charge in [-0.05, 0) is 6.08 Å². The number of carbonyl (C=O) groups excluding carboxylic acids is 1. The summed E-state index contributed by atoms with van der Waals surface area (Å²) >= 11 is 5.26. The lowest BCUT2D eigenvalue weighted by molar-refractivity contribution is -0.139. The molecule has 0 aliphatic heterocycles. The molecule has 0 radical (unpaired) electrons. The zero-order valence-corrected chi connectivity index (χ0v) is 7.62. The molecule has 0 aromatic rings. The number of hydrogen-bond acceptors (Lipinski definition) is 2. The van der Waals surface area contributed by atoms with Gasteiger partial charge in [-0.15, -0.1) is 0 Å². The number of ether oxygens (including phenoxy) is 1. The fourth-order valence-corrected chi connectivity index (χ4v) is 0.554. The molecule has 3 heteroatoms. The molecule has 0 aliphatic carbocycles. The molecule has 0 spiro atoms. The maximum absolute atomic E-state index is 10.3. The van der Waals surface area contributed by atoms with Crippen LogP contribution in [0.15, 0.2) is 35.9 Å². The van der Waals surface area contributed by atoms with Crippen LogP contribution < -0.4 is 0 Å². The van der Waals surface area contributed by atoms with E-state index < -0.39 is 0 Å². The van der Waals surface area contributed by atoms with Gasteiger partial charge in [0.15, 0.2) is 0 Å². The lowest BCUT2D eigenvalue weighted by Crippen LogP contribution is -1.96. The summed E-state index contributed by atoms with van der Waals surface area (Å²) < 4.78 is 4.64. The molecule has 12 heavy (non-hydrogen) atoms. The highest BCUT2D eigenvalue weighted by atomic mass is 35.5. The Labute approximate surface area is 77.2 Å². The SMILES string of the molecule is CC(=O)OC/C=C/C=C/C=C/Cl. The monoisotopic (exact) mass is 186 g/mol. The van der Waals surface area contributed by atoms with Gasteiger partial charge in [-0.25, -0.2) is 0 Å². The van der Waals surface area contributed by atoms with E-state index in [0.29, 0.717) is 6.61 Å². The molecule has 0 aliphatic rings. The van der Waals surface area contributed by atoms with E-state index in [2.05, 4.69) is 4.74 Å². The van der Waals surface area contributed by atoms with E-state index in [1.807, 2.05) is 0 Å². The minimum atomic E-state index is -0.274. The van der Waals surface area contributed by atoms with Crippen LogP contribution in [0.2, 0.25) is 0 Å². The minimum absolute atomic E-state index is 0.274. The van der Waals surface area contributed by atoms with Crippen molar-refractivity contribution in [2.45, 2.75) is 6.92 Å². The van der Waals surface area contributed by atoms with Gasteiger partial charge < -0.3 is 4.74 Å². The number of halogens is 1. The molecule has 2 nitrogen and oxygen atoms in total. The first-order valence-electron chi connectivity index (χ1n) is 3.49. The molecule has 0 unspecified atom stereocenters. The molecule has 0 amide bonds. The van der Waals surface area contributed by atoms with Gasteiger partial charge in [0, 0.05) is 12.5 Å². The van der Waals surface area contributed by atoms with Crippen molar-refractivity contribution in [1.29, 1.82) is 0 Å². The van der Waals surface area contributed by atoms with E-state index in [1.165, 1.54) is 12.5 Å². The summed E-state index contributed by atoms with van der Waals surface area (Å²) in [5.41, 5.74) is 1.41. The molecule has 0 atom stereocenters. The van der Waals surface area contributed by atoms with Crippen LogP contribution in [-0.2, 0) is 9.53 Å². The first kappa shape index (κ1) is 11.0. The molecular formula is C9H11ClO2. The van der Waals surface area contributed by atoms with Crippen LogP contribution in [0.1, 0.15) is 6.92 Å². The molecule has 0 rings (SSSR count). The largest absolute Gasteiger partial charge is 0.462 e. The number of hydrogen-bond donors (Lipinski definition) is 0. The number of allylic oxidation sites excluding steroid dienone is 4. The van der Waals surface area contributed by atoms with Crippen LogP contribution in [0, 0.1) is 0 Å². The van der Waals surface area contributed by atoms with Crippen molar-refractivity contribution >= 4 is 17.6 Å². The molecule has 0 aromatic carbocycles. The quantitative estimate of drug-likeness (QED) is 0.498. The third kappa shape index (κ3) is 8.98. The maximum Gasteiger partial charge on any atom is 0.302 e. The van der Waals surface area contributed by atoms with Crippen LogP contribution in [0.5, 0.6) is 0 Å².